The lowest BCUT2D eigenvalue weighted by Gasteiger charge is -2.26. The fraction of sp³-hybridized carbons (Fsp3) is 0.379. The molecule has 188 valence electrons. The number of allylic oxidation sites excluding steroid dienone is 2. The molecule has 2 heterocycles. The average molecular weight is 492 g/mol. The van der Waals surface area contributed by atoms with Gasteiger partial charge in [-0.15, -0.1) is 9.39 Å². The quantitative estimate of drug-likeness (QED) is 0.336. The molecule has 1 aliphatic rings. The summed E-state index contributed by atoms with van der Waals surface area (Å²) in [5.41, 5.74) is 6.55. The molecule has 35 heavy (non-hydrogen) atoms. The van der Waals surface area contributed by atoms with Gasteiger partial charge in [0.05, 0.1) is 12.6 Å². The van der Waals surface area contributed by atoms with Gasteiger partial charge in [-0.3, -0.25) is 4.72 Å². The molecule has 1 aromatic carbocycles. The molecule has 0 radical (unpaired) electrons. The van der Waals surface area contributed by atoms with Crippen LogP contribution in [-0.2, 0) is 6.54 Å². The molecule has 2 N–H and O–H groups in total. The molecule has 0 saturated carbocycles. The van der Waals surface area contributed by atoms with Crippen LogP contribution in [0.3, 0.4) is 0 Å². The molecular formula is C29H41N5S. The summed E-state index contributed by atoms with van der Waals surface area (Å²) in [6.45, 7) is 11.4. The van der Waals surface area contributed by atoms with E-state index in [0.717, 1.165) is 35.2 Å². The van der Waals surface area contributed by atoms with Gasteiger partial charge in [-0.2, -0.15) is 4.98 Å². The molecule has 1 atom stereocenters. The Morgan fingerprint density at radius 3 is 2.54 bits per heavy atom. The van der Waals surface area contributed by atoms with E-state index in [0.29, 0.717) is 12.5 Å². The third-order valence-electron chi connectivity index (χ3n) is 6.54. The molecule has 0 aliphatic heterocycles. The molecule has 1 unspecified atom stereocenters. The number of rotatable bonds is 8. The zero-order chi connectivity index (χ0) is 25.6. The van der Waals surface area contributed by atoms with Crippen molar-refractivity contribution in [3.63, 3.8) is 0 Å². The van der Waals surface area contributed by atoms with Crippen molar-refractivity contribution in [2.45, 2.75) is 71.4 Å². The molecule has 0 spiro atoms. The van der Waals surface area contributed by atoms with Crippen LogP contribution < -0.4 is 10.0 Å². The van der Waals surface area contributed by atoms with E-state index in [4.69, 9.17) is 4.98 Å². The number of fused-ring (bicyclic) bond motifs is 1. The summed E-state index contributed by atoms with van der Waals surface area (Å²) in [6.07, 6.45) is 9.50. The molecule has 0 bridgehead atoms. The van der Waals surface area contributed by atoms with Crippen LogP contribution in [0, 0.1) is 0 Å². The molecule has 4 rings (SSSR count). The Labute approximate surface area is 212 Å². The monoisotopic (exact) mass is 491 g/mol. The highest BCUT2D eigenvalue weighted by Gasteiger charge is 2.19. The summed E-state index contributed by atoms with van der Waals surface area (Å²) in [5.74, 6) is 9.33. The summed E-state index contributed by atoms with van der Waals surface area (Å²) < 4.78 is 5.48. The van der Waals surface area contributed by atoms with Crippen molar-refractivity contribution in [2.24, 2.45) is 0 Å². The van der Waals surface area contributed by atoms with Gasteiger partial charge < -0.3 is 9.88 Å². The van der Waals surface area contributed by atoms with Crippen molar-refractivity contribution < 1.29 is 0 Å². The van der Waals surface area contributed by atoms with E-state index in [1.807, 2.05) is 27.1 Å². The Morgan fingerprint density at radius 1 is 1.11 bits per heavy atom. The van der Waals surface area contributed by atoms with Gasteiger partial charge >= 0.3 is 0 Å². The topological polar surface area (TPSA) is 54.8 Å². The van der Waals surface area contributed by atoms with E-state index in [1.165, 1.54) is 22.3 Å². The first kappa shape index (κ1) is 26.8. The Balaban J connectivity index is 0.00000167. The second kappa shape index (κ2) is 11.7. The Kier molecular flexibility index (Phi) is 8.98. The summed E-state index contributed by atoms with van der Waals surface area (Å²) in [6, 6.07) is 10.7. The minimum absolute atomic E-state index is 0.217. The standard InChI is InChI=1S/C27H35N5S.C2H6/c1-7-20-16-23(15-19(3)24(20)8-2)30-27-29-17-21-13-14-32(26(21)31-27)18-22-11-9-10-12-25(22)33(5,6)28-4;1-2/h9-15,17,23,28H,5-8,16,18H2,1-4H3,(H,29,30,31);1-2H3. The Morgan fingerprint density at radius 2 is 1.86 bits per heavy atom. The van der Waals surface area contributed by atoms with E-state index in [1.54, 1.807) is 0 Å². The Hall–Kier alpha value is -2.83. The van der Waals surface area contributed by atoms with Gasteiger partial charge in [-0.05, 0) is 62.1 Å². The number of nitrogens with zero attached hydrogens (tertiary/aromatic N) is 3. The summed E-state index contributed by atoms with van der Waals surface area (Å²) >= 11 is 0. The van der Waals surface area contributed by atoms with Crippen molar-refractivity contribution in [3.8, 4) is 0 Å². The molecule has 0 amide bonds. The predicted molar refractivity (Wildman–Crippen MR) is 157 cm³/mol. The van der Waals surface area contributed by atoms with Crippen molar-refractivity contribution in [2.75, 3.05) is 12.4 Å². The van der Waals surface area contributed by atoms with Gasteiger partial charge in [0.1, 0.15) is 5.65 Å². The van der Waals surface area contributed by atoms with Crippen LogP contribution in [0.5, 0.6) is 0 Å². The van der Waals surface area contributed by atoms with Crippen molar-refractivity contribution >= 4 is 38.1 Å². The molecule has 2 aromatic heterocycles. The summed E-state index contributed by atoms with van der Waals surface area (Å²) in [5, 5.41) is 4.60. The molecule has 0 saturated heterocycles. The SMILES string of the molecule is C=S(=C)(NC)c1ccccc1Cn1ccc2cnc(NC3C=C(C)C(CC)=C(CC)C3)nc21.CC. The van der Waals surface area contributed by atoms with Crippen LogP contribution in [-0.4, -0.2) is 39.4 Å². The molecule has 3 aromatic rings. The van der Waals surface area contributed by atoms with Crippen LogP contribution in [0.25, 0.3) is 11.0 Å². The minimum Gasteiger partial charge on any atom is -0.348 e. The molecular weight excluding hydrogens is 450 g/mol. The van der Waals surface area contributed by atoms with Gasteiger partial charge in [0.2, 0.25) is 5.95 Å². The predicted octanol–water partition coefficient (Wildman–Crippen LogP) is 6.91. The first-order valence-electron chi connectivity index (χ1n) is 12.6. The van der Waals surface area contributed by atoms with E-state index < -0.39 is 9.39 Å². The molecule has 5 nitrogen and oxygen atoms in total. The lowest BCUT2D eigenvalue weighted by atomic mass is 9.86. The number of nitrogens with one attached hydrogen (secondary N) is 2. The van der Waals surface area contributed by atoms with Gasteiger partial charge in [-0.25, -0.2) is 4.98 Å². The van der Waals surface area contributed by atoms with Crippen molar-refractivity contribution in [1.82, 2.24) is 19.3 Å². The molecule has 1 aliphatic carbocycles. The zero-order valence-electron chi connectivity index (χ0n) is 22.2. The zero-order valence-corrected chi connectivity index (χ0v) is 23.0. The van der Waals surface area contributed by atoms with Crippen LogP contribution in [0.2, 0.25) is 0 Å². The second-order valence-corrected chi connectivity index (χ2v) is 11.3. The van der Waals surface area contributed by atoms with E-state index in [-0.39, 0.29) is 6.04 Å². The van der Waals surface area contributed by atoms with Gasteiger partial charge in [0.15, 0.2) is 0 Å². The van der Waals surface area contributed by atoms with Gasteiger partial charge in [-0.1, -0.05) is 69.3 Å². The number of hydrogen-bond donors (Lipinski definition) is 2. The van der Waals surface area contributed by atoms with E-state index in [2.05, 4.69) is 94.7 Å². The highest BCUT2D eigenvalue weighted by Crippen LogP contribution is 2.32. The third-order valence-corrected chi connectivity index (χ3v) is 8.56. The highest BCUT2D eigenvalue weighted by molar-refractivity contribution is 8.26. The fourth-order valence-electron chi connectivity index (χ4n) is 4.75. The van der Waals surface area contributed by atoms with Crippen LogP contribution in [0.1, 0.15) is 59.4 Å². The van der Waals surface area contributed by atoms with E-state index >= 15 is 0 Å². The van der Waals surface area contributed by atoms with Crippen LogP contribution >= 0.6 is 9.39 Å². The van der Waals surface area contributed by atoms with Crippen molar-refractivity contribution in [3.05, 3.63) is 71.1 Å². The van der Waals surface area contributed by atoms with Gasteiger partial charge in [0, 0.05) is 22.7 Å². The highest BCUT2D eigenvalue weighted by atomic mass is 32.2. The normalized spacial score (nSPS) is 16.1. The first-order chi connectivity index (χ1) is 16.9. The van der Waals surface area contributed by atoms with Crippen LogP contribution in [0.15, 0.2) is 70.4 Å². The summed E-state index contributed by atoms with van der Waals surface area (Å²) in [4.78, 5) is 10.7. The fourth-order valence-corrected chi connectivity index (χ4v) is 5.94. The third kappa shape index (κ3) is 5.88. The molecule has 6 heteroatoms. The summed E-state index contributed by atoms with van der Waals surface area (Å²) in [7, 11) is 0.371. The number of hydrogen-bond acceptors (Lipinski definition) is 4. The number of benzene rings is 1. The van der Waals surface area contributed by atoms with E-state index in [9.17, 15) is 0 Å². The Bertz CT molecular complexity index is 1330. The largest absolute Gasteiger partial charge is 0.348 e. The van der Waals surface area contributed by atoms with Crippen molar-refractivity contribution in [1.29, 1.82) is 0 Å². The maximum absolute atomic E-state index is 4.91. The smallest absolute Gasteiger partial charge is 0.225 e. The molecule has 0 fully saturated rings. The number of aromatic nitrogens is 3. The lowest BCUT2D eigenvalue weighted by molar-refractivity contribution is 0.760. The maximum atomic E-state index is 4.91. The first-order valence-corrected chi connectivity index (χ1v) is 14.6. The van der Waals surface area contributed by atoms with Gasteiger partial charge in [0.25, 0.3) is 0 Å². The van der Waals surface area contributed by atoms with Crippen LogP contribution in [0.4, 0.5) is 5.95 Å². The second-order valence-electron chi connectivity index (χ2n) is 8.71. The maximum Gasteiger partial charge on any atom is 0.225 e. The minimum atomic E-state index is -1.55. The lowest BCUT2D eigenvalue weighted by Crippen LogP contribution is -2.23. The average Bonchev–Trinajstić information content (AvgIpc) is 3.27. The number of anilines is 1.